The van der Waals surface area contributed by atoms with Crippen molar-refractivity contribution >= 4 is 9.84 Å². The normalized spacial score (nSPS) is 26.9. The summed E-state index contributed by atoms with van der Waals surface area (Å²) in [6, 6.07) is 5.45. The van der Waals surface area contributed by atoms with E-state index in [1.54, 1.807) is 6.07 Å². The van der Waals surface area contributed by atoms with Crippen LogP contribution in [0.2, 0.25) is 0 Å². The number of hydrogen-bond acceptors (Lipinski definition) is 5. The van der Waals surface area contributed by atoms with Gasteiger partial charge in [0.25, 0.3) is 0 Å². The van der Waals surface area contributed by atoms with Crippen molar-refractivity contribution in [2.24, 2.45) is 0 Å². The van der Waals surface area contributed by atoms with Crippen molar-refractivity contribution in [1.82, 2.24) is 0 Å². The summed E-state index contributed by atoms with van der Waals surface area (Å²) < 4.78 is 48.2. The fourth-order valence-corrected chi connectivity index (χ4v) is 3.18. The Bertz CT molecular complexity index is 574. The summed E-state index contributed by atoms with van der Waals surface area (Å²) in [5.74, 6) is -2.53. The second-order valence-electron chi connectivity index (χ2n) is 4.67. The zero-order valence-electron chi connectivity index (χ0n) is 11.1. The first kappa shape index (κ1) is 15.4. The third-order valence-corrected chi connectivity index (χ3v) is 4.88. The lowest BCUT2D eigenvalue weighted by atomic mass is 10.1. The van der Waals surface area contributed by atoms with Crippen LogP contribution in [0.15, 0.2) is 24.3 Å². The Morgan fingerprint density at radius 3 is 2.80 bits per heavy atom. The first-order valence-corrected chi connectivity index (χ1v) is 8.12. The predicted octanol–water partition coefficient (Wildman–Crippen LogP) is 0.821. The molecule has 1 aliphatic heterocycles. The highest BCUT2D eigenvalue weighted by Crippen LogP contribution is 2.36. The fraction of sp³-hybridized carbons (Fsp3) is 0.538. The Labute approximate surface area is 117 Å². The zero-order chi connectivity index (χ0) is 14.8. The molecule has 0 bridgehead atoms. The molecular weight excluding hydrogens is 287 g/mol. The smallest absolute Gasteiger partial charge is 0.209 e. The van der Waals surface area contributed by atoms with Crippen molar-refractivity contribution in [3.63, 3.8) is 0 Å². The van der Waals surface area contributed by atoms with Crippen molar-refractivity contribution in [2.75, 3.05) is 24.7 Å². The highest BCUT2D eigenvalue weighted by atomic mass is 32.2. The van der Waals surface area contributed by atoms with Crippen LogP contribution in [0.5, 0.6) is 0 Å². The Hall–Kier alpha value is -1.02. The molecule has 0 spiro atoms. The summed E-state index contributed by atoms with van der Waals surface area (Å²) in [6.45, 7) is 1.29. The summed E-state index contributed by atoms with van der Waals surface area (Å²) in [5, 5.41) is 9.13. The second kappa shape index (κ2) is 5.77. The van der Waals surface area contributed by atoms with Gasteiger partial charge in [-0.15, -0.1) is 0 Å². The minimum atomic E-state index is -3.41. The maximum atomic E-state index is 13.4. The van der Waals surface area contributed by atoms with Crippen LogP contribution in [0.4, 0.5) is 4.39 Å². The lowest BCUT2D eigenvalue weighted by Crippen LogP contribution is -2.37. The second-order valence-corrected chi connectivity index (χ2v) is 7.03. The van der Waals surface area contributed by atoms with Crippen LogP contribution in [-0.2, 0) is 25.1 Å². The number of halogens is 1. The third-order valence-electron chi connectivity index (χ3n) is 3.18. The number of benzene rings is 1. The topological polar surface area (TPSA) is 72.8 Å². The first-order chi connectivity index (χ1) is 9.41. The molecule has 0 radical (unpaired) electrons. The van der Waals surface area contributed by atoms with E-state index in [-0.39, 0.29) is 19.0 Å². The van der Waals surface area contributed by atoms with Crippen molar-refractivity contribution in [3.8, 4) is 0 Å². The van der Waals surface area contributed by atoms with E-state index in [0.717, 1.165) is 0 Å². The van der Waals surface area contributed by atoms with Crippen molar-refractivity contribution in [2.45, 2.75) is 18.8 Å². The molecule has 0 unspecified atom stereocenters. The van der Waals surface area contributed by atoms with Gasteiger partial charge in [0.05, 0.1) is 13.2 Å². The Kier molecular flexibility index (Phi) is 4.43. The standard InChI is InChI=1S/C13H17FO5S/c1-2-20(16,17)9-13(18-8-12(7-15)19-13)10-4-3-5-11(14)6-10/h3-6,12,15H,2,7-9H2,1H3/t12-,13+/m1/s1. The van der Waals surface area contributed by atoms with Gasteiger partial charge in [0.15, 0.2) is 9.84 Å². The van der Waals surface area contributed by atoms with Gasteiger partial charge in [0, 0.05) is 11.3 Å². The largest absolute Gasteiger partial charge is 0.394 e. The van der Waals surface area contributed by atoms with Crippen LogP contribution >= 0.6 is 0 Å². The van der Waals surface area contributed by atoms with Crippen LogP contribution in [0.25, 0.3) is 0 Å². The van der Waals surface area contributed by atoms with Gasteiger partial charge in [-0.05, 0) is 12.1 Å². The molecule has 1 aliphatic rings. The minimum absolute atomic E-state index is 0.0618. The van der Waals surface area contributed by atoms with Gasteiger partial charge in [0.2, 0.25) is 5.79 Å². The lowest BCUT2D eigenvalue weighted by molar-refractivity contribution is -0.162. The van der Waals surface area contributed by atoms with Crippen LogP contribution in [0.3, 0.4) is 0 Å². The molecule has 1 saturated heterocycles. The fourth-order valence-electron chi connectivity index (χ4n) is 2.08. The Balaban J connectivity index is 2.40. The van der Waals surface area contributed by atoms with Gasteiger partial charge in [-0.25, -0.2) is 12.8 Å². The highest BCUT2D eigenvalue weighted by molar-refractivity contribution is 7.91. The average molecular weight is 304 g/mol. The quantitative estimate of drug-likeness (QED) is 0.872. The number of aliphatic hydroxyl groups is 1. The van der Waals surface area contributed by atoms with E-state index in [4.69, 9.17) is 14.6 Å². The summed E-state index contributed by atoms with van der Waals surface area (Å²) in [6.07, 6.45) is -0.620. The maximum absolute atomic E-state index is 13.4. The summed E-state index contributed by atoms with van der Waals surface area (Å²) in [7, 11) is -3.41. The molecule has 1 aromatic rings. The minimum Gasteiger partial charge on any atom is -0.394 e. The number of sulfone groups is 1. The van der Waals surface area contributed by atoms with Crippen molar-refractivity contribution < 1.29 is 27.4 Å². The highest BCUT2D eigenvalue weighted by Gasteiger charge is 2.46. The molecule has 7 heteroatoms. The number of ether oxygens (including phenoxy) is 2. The van der Waals surface area contributed by atoms with E-state index in [0.29, 0.717) is 5.56 Å². The average Bonchev–Trinajstić information content (AvgIpc) is 2.83. The van der Waals surface area contributed by atoms with E-state index >= 15 is 0 Å². The van der Waals surface area contributed by atoms with E-state index in [2.05, 4.69) is 0 Å². The lowest BCUT2D eigenvalue weighted by Gasteiger charge is -2.28. The van der Waals surface area contributed by atoms with Crippen LogP contribution in [0, 0.1) is 5.82 Å². The molecule has 0 saturated carbocycles. The van der Waals surface area contributed by atoms with Crippen LogP contribution < -0.4 is 0 Å². The molecule has 1 aromatic carbocycles. The first-order valence-electron chi connectivity index (χ1n) is 6.30. The summed E-state index contributed by atoms with van der Waals surface area (Å²) in [4.78, 5) is 0. The molecule has 20 heavy (non-hydrogen) atoms. The molecule has 0 amide bonds. The number of hydrogen-bond donors (Lipinski definition) is 1. The zero-order valence-corrected chi connectivity index (χ0v) is 11.9. The molecule has 5 nitrogen and oxygen atoms in total. The SMILES string of the molecule is CCS(=O)(=O)C[C@]1(c2cccc(F)c2)OC[C@@H](CO)O1. The Morgan fingerprint density at radius 2 is 2.25 bits per heavy atom. The van der Waals surface area contributed by atoms with Gasteiger partial charge < -0.3 is 14.6 Å². The van der Waals surface area contributed by atoms with Gasteiger partial charge in [-0.1, -0.05) is 19.1 Å². The van der Waals surface area contributed by atoms with Crippen molar-refractivity contribution in [1.29, 1.82) is 0 Å². The third kappa shape index (κ3) is 3.17. The number of rotatable bonds is 5. The van der Waals surface area contributed by atoms with E-state index in [1.165, 1.54) is 25.1 Å². The van der Waals surface area contributed by atoms with E-state index in [1.807, 2.05) is 0 Å². The van der Waals surface area contributed by atoms with Crippen molar-refractivity contribution in [3.05, 3.63) is 35.6 Å². The van der Waals surface area contributed by atoms with Crippen LogP contribution in [-0.4, -0.2) is 44.3 Å². The molecule has 112 valence electrons. The van der Waals surface area contributed by atoms with E-state index in [9.17, 15) is 12.8 Å². The van der Waals surface area contributed by atoms with Gasteiger partial charge >= 0.3 is 0 Å². The molecule has 1 N–H and O–H groups in total. The molecular formula is C13H17FO5S. The summed E-state index contributed by atoms with van der Waals surface area (Å²) in [5.41, 5.74) is 0.297. The molecule has 0 aliphatic carbocycles. The maximum Gasteiger partial charge on any atom is 0.209 e. The van der Waals surface area contributed by atoms with Gasteiger partial charge in [0.1, 0.15) is 17.7 Å². The molecule has 0 aromatic heterocycles. The molecule has 2 atom stereocenters. The molecule has 1 fully saturated rings. The van der Waals surface area contributed by atoms with Crippen LogP contribution in [0.1, 0.15) is 12.5 Å². The monoisotopic (exact) mass is 304 g/mol. The summed E-state index contributed by atoms with van der Waals surface area (Å²) >= 11 is 0. The molecule has 2 rings (SSSR count). The van der Waals surface area contributed by atoms with Gasteiger partial charge in [-0.2, -0.15) is 0 Å². The Morgan fingerprint density at radius 1 is 1.50 bits per heavy atom. The molecule has 1 heterocycles. The van der Waals surface area contributed by atoms with E-state index < -0.39 is 33.3 Å². The van der Waals surface area contributed by atoms with Gasteiger partial charge in [-0.3, -0.25) is 0 Å². The predicted molar refractivity (Wildman–Crippen MR) is 70.3 cm³/mol. The number of aliphatic hydroxyl groups excluding tert-OH is 1.